The molecule has 4 heteroatoms. The van der Waals surface area contributed by atoms with Crippen molar-refractivity contribution in [1.29, 1.82) is 0 Å². The fourth-order valence-electron chi connectivity index (χ4n) is 2.26. The molecule has 0 aliphatic heterocycles. The van der Waals surface area contributed by atoms with Gasteiger partial charge in [-0.25, -0.2) is 0 Å². The van der Waals surface area contributed by atoms with Gasteiger partial charge in [-0.3, -0.25) is 4.79 Å². The van der Waals surface area contributed by atoms with Crippen molar-refractivity contribution in [2.75, 3.05) is 0 Å². The van der Waals surface area contributed by atoms with Crippen LogP contribution in [-0.2, 0) is 11.2 Å². The van der Waals surface area contributed by atoms with E-state index in [4.69, 9.17) is 5.73 Å². The van der Waals surface area contributed by atoms with Crippen molar-refractivity contribution in [3.8, 4) is 5.75 Å². The number of rotatable bonds is 3. The highest BCUT2D eigenvalue weighted by molar-refractivity contribution is 5.79. The van der Waals surface area contributed by atoms with Gasteiger partial charge in [0.25, 0.3) is 0 Å². The Hall–Kier alpha value is -1.55. The molecule has 1 amide bonds. The van der Waals surface area contributed by atoms with E-state index in [0.717, 1.165) is 19.3 Å². The van der Waals surface area contributed by atoms with Crippen LogP contribution in [0.2, 0.25) is 0 Å². The largest absolute Gasteiger partial charge is 0.508 e. The smallest absolute Gasteiger partial charge is 0.224 e. The van der Waals surface area contributed by atoms with E-state index >= 15 is 0 Å². The van der Waals surface area contributed by atoms with Gasteiger partial charge in [0.1, 0.15) is 5.75 Å². The average Bonchev–Trinajstić information content (AvgIpc) is 2.68. The zero-order valence-electron chi connectivity index (χ0n) is 9.73. The van der Waals surface area contributed by atoms with Crippen molar-refractivity contribution in [2.24, 2.45) is 5.73 Å². The summed E-state index contributed by atoms with van der Waals surface area (Å²) in [5, 5.41) is 12.5. The molecule has 0 radical (unpaired) electrons. The molecule has 0 aromatic heterocycles. The molecule has 0 saturated heterocycles. The minimum Gasteiger partial charge on any atom is -0.508 e. The van der Waals surface area contributed by atoms with Gasteiger partial charge in [0, 0.05) is 17.6 Å². The van der Waals surface area contributed by atoms with E-state index in [1.165, 1.54) is 0 Å². The lowest BCUT2D eigenvalue weighted by atomic mass is 10.1. The summed E-state index contributed by atoms with van der Waals surface area (Å²) in [4.78, 5) is 11.8. The number of benzene rings is 1. The molecule has 1 aliphatic carbocycles. The number of carbonyl (C=O) groups is 1. The highest BCUT2D eigenvalue weighted by atomic mass is 16.3. The Balaban J connectivity index is 1.91. The Morgan fingerprint density at radius 1 is 1.41 bits per heavy atom. The maximum atomic E-state index is 11.8. The molecule has 92 valence electrons. The molecule has 2 rings (SSSR count). The van der Waals surface area contributed by atoms with Crippen molar-refractivity contribution < 1.29 is 9.90 Å². The van der Waals surface area contributed by atoms with E-state index in [2.05, 4.69) is 5.32 Å². The summed E-state index contributed by atoms with van der Waals surface area (Å²) < 4.78 is 0. The third-order valence-corrected chi connectivity index (χ3v) is 3.26. The molecule has 4 N–H and O–H groups in total. The average molecular weight is 234 g/mol. The summed E-state index contributed by atoms with van der Waals surface area (Å²) in [6, 6.07) is 7.05. The lowest BCUT2D eigenvalue weighted by molar-refractivity contribution is -0.121. The van der Waals surface area contributed by atoms with Crippen LogP contribution < -0.4 is 11.1 Å². The first-order valence-corrected chi connectivity index (χ1v) is 5.98. The number of hydrogen-bond acceptors (Lipinski definition) is 3. The van der Waals surface area contributed by atoms with Gasteiger partial charge in [-0.15, -0.1) is 0 Å². The molecule has 1 aromatic rings. The quantitative estimate of drug-likeness (QED) is 0.728. The number of carbonyl (C=O) groups excluding carboxylic acids is 1. The molecule has 1 aliphatic rings. The van der Waals surface area contributed by atoms with Crippen LogP contribution in [0.1, 0.15) is 24.8 Å². The second kappa shape index (κ2) is 5.19. The number of para-hydroxylation sites is 1. The number of phenols is 1. The number of nitrogens with two attached hydrogens (primary N) is 1. The van der Waals surface area contributed by atoms with E-state index in [9.17, 15) is 9.90 Å². The second-order valence-electron chi connectivity index (χ2n) is 4.57. The van der Waals surface area contributed by atoms with Crippen LogP contribution in [0.5, 0.6) is 5.75 Å². The van der Waals surface area contributed by atoms with Gasteiger partial charge in [-0.2, -0.15) is 0 Å². The fraction of sp³-hybridized carbons (Fsp3) is 0.462. The topological polar surface area (TPSA) is 75.3 Å². The first kappa shape index (κ1) is 11.9. The first-order valence-electron chi connectivity index (χ1n) is 5.98. The van der Waals surface area contributed by atoms with E-state index in [1.54, 1.807) is 18.2 Å². The Labute approximate surface area is 101 Å². The SMILES string of the molecule is NC1CCCC1NC(=O)Cc1ccccc1O. The lowest BCUT2D eigenvalue weighted by Gasteiger charge is -2.17. The maximum Gasteiger partial charge on any atom is 0.224 e. The van der Waals surface area contributed by atoms with Crippen molar-refractivity contribution in [2.45, 2.75) is 37.8 Å². The van der Waals surface area contributed by atoms with E-state index in [1.807, 2.05) is 6.07 Å². The Bertz CT molecular complexity index is 406. The predicted molar refractivity (Wildman–Crippen MR) is 65.6 cm³/mol. The van der Waals surface area contributed by atoms with Crippen LogP contribution in [0, 0.1) is 0 Å². The zero-order valence-corrected chi connectivity index (χ0v) is 9.73. The lowest BCUT2D eigenvalue weighted by Crippen LogP contribution is -2.44. The number of hydrogen-bond donors (Lipinski definition) is 3. The first-order chi connectivity index (χ1) is 8.16. The minimum atomic E-state index is -0.0751. The second-order valence-corrected chi connectivity index (χ2v) is 4.57. The Kier molecular flexibility index (Phi) is 3.64. The third-order valence-electron chi connectivity index (χ3n) is 3.26. The summed E-state index contributed by atoms with van der Waals surface area (Å²) in [5.41, 5.74) is 6.54. The standard InChI is InChI=1S/C13H18N2O2/c14-10-5-3-6-11(10)15-13(17)8-9-4-1-2-7-12(9)16/h1-2,4,7,10-11,16H,3,5-6,8,14H2,(H,15,17). The highest BCUT2D eigenvalue weighted by Crippen LogP contribution is 2.19. The van der Waals surface area contributed by atoms with Crippen LogP contribution in [0.15, 0.2) is 24.3 Å². The molecular formula is C13H18N2O2. The van der Waals surface area contributed by atoms with Gasteiger partial charge in [-0.05, 0) is 25.3 Å². The Morgan fingerprint density at radius 2 is 2.18 bits per heavy atom. The van der Waals surface area contributed by atoms with Crippen molar-refractivity contribution >= 4 is 5.91 Å². The van der Waals surface area contributed by atoms with Crippen LogP contribution in [0.3, 0.4) is 0 Å². The summed E-state index contributed by atoms with van der Waals surface area (Å²) in [6.07, 6.45) is 3.20. The van der Waals surface area contributed by atoms with Gasteiger partial charge < -0.3 is 16.2 Å². The fourth-order valence-corrected chi connectivity index (χ4v) is 2.26. The summed E-state index contributed by atoms with van der Waals surface area (Å²) in [7, 11) is 0. The summed E-state index contributed by atoms with van der Waals surface area (Å²) in [5.74, 6) is 0.0900. The zero-order chi connectivity index (χ0) is 12.3. The number of aromatic hydroxyl groups is 1. The molecular weight excluding hydrogens is 216 g/mol. The molecule has 4 nitrogen and oxygen atoms in total. The predicted octanol–water partition coefficient (Wildman–Crippen LogP) is 0.931. The van der Waals surface area contributed by atoms with Crippen molar-refractivity contribution in [3.63, 3.8) is 0 Å². The molecule has 0 heterocycles. The number of nitrogens with one attached hydrogen (secondary N) is 1. The molecule has 1 saturated carbocycles. The molecule has 0 bridgehead atoms. The maximum absolute atomic E-state index is 11.8. The van der Waals surface area contributed by atoms with Crippen LogP contribution in [-0.4, -0.2) is 23.1 Å². The summed E-state index contributed by atoms with van der Waals surface area (Å²) in [6.45, 7) is 0. The Morgan fingerprint density at radius 3 is 2.82 bits per heavy atom. The molecule has 1 aromatic carbocycles. The van der Waals surface area contributed by atoms with E-state index in [0.29, 0.717) is 5.56 Å². The normalized spacial score (nSPS) is 23.6. The van der Waals surface area contributed by atoms with Gasteiger partial charge in [0.15, 0.2) is 0 Å². The van der Waals surface area contributed by atoms with Gasteiger partial charge >= 0.3 is 0 Å². The van der Waals surface area contributed by atoms with Gasteiger partial charge in [0.2, 0.25) is 5.91 Å². The van der Waals surface area contributed by atoms with Crippen LogP contribution in [0.4, 0.5) is 0 Å². The van der Waals surface area contributed by atoms with Crippen LogP contribution >= 0.6 is 0 Å². The van der Waals surface area contributed by atoms with E-state index < -0.39 is 0 Å². The summed E-state index contributed by atoms with van der Waals surface area (Å²) >= 11 is 0. The van der Waals surface area contributed by atoms with Crippen molar-refractivity contribution in [3.05, 3.63) is 29.8 Å². The monoisotopic (exact) mass is 234 g/mol. The molecule has 2 unspecified atom stereocenters. The molecule has 2 atom stereocenters. The van der Waals surface area contributed by atoms with E-state index in [-0.39, 0.29) is 30.2 Å². The molecule has 17 heavy (non-hydrogen) atoms. The molecule has 1 fully saturated rings. The number of phenolic OH excluding ortho intramolecular Hbond substituents is 1. The number of amides is 1. The molecule has 0 spiro atoms. The third kappa shape index (κ3) is 2.97. The highest BCUT2D eigenvalue weighted by Gasteiger charge is 2.25. The van der Waals surface area contributed by atoms with Crippen LogP contribution in [0.25, 0.3) is 0 Å². The van der Waals surface area contributed by atoms with Gasteiger partial charge in [-0.1, -0.05) is 18.2 Å². The van der Waals surface area contributed by atoms with Crippen molar-refractivity contribution in [1.82, 2.24) is 5.32 Å². The minimum absolute atomic E-state index is 0.0725. The van der Waals surface area contributed by atoms with Gasteiger partial charge in [0.05, 0.1) is 6.42 Å².